The number of carbonyl (C=O) groups is 1. The molecule has 0 saturated carbocycles. The van der Waals surface area contributed by atoms with Crippen molar-refractivity contribution in [3.63, 3.8) is 0 Å². The van der Waals surface area contributed by atoms with E-state index in [-0.39, 0.29) is 23.9 Å². The van der Waals surface area contributed by atoms with Gasteiger partial charge >= 0.3 is 0 Å². The maximum atomic E-state index is 13.0. The second kappa shape index (κ2) is 7.05. The fraction of sp³-hybridized carbons (Fsp3) is 0.444. The van der Waals surface area contributed by atoms with Crippen LogP contribution in [0.2, 0.25) is 0 Å². The van der Waals surface area contributed by atoms with E-state index in [0.29, 0.717) is 18.8 Å². The third-order valence-electron chi connectivity index (χ3n) is 5.11. The topological polar surface area (TPSA) is 75.5 Å². The largest absolute Gasteiger partial charge is 0.335 e. The number of aromatic nitrogens is 2. The van der Waals surface area contributed by atoms with Crippen molar-refractivity contribution in [1.82, 2.24) is 19.0 Å². The van der Waals surface area contributed by atoms with Gasteiger partial charge < -0.3 is 4.90 Å². The number of hydrogen-bond donors (Lipinski definition) is 0. The van der Waals surface area contributed by atoms with Crippen molar-refractivity contribution in [3.05, 3.63) is 47.5 Å². The van der Waals surface area contributed by atoms with Gasteiger partial charge in [0.2, 0.25) is 10.0 Å². The molecule has 2 aliphatic rings. The second-order valence-electron chi connectivity index (χ2n) is 6.85. The van der Waals surface area contributed by atoms with E-state index in [2.05, 4.69) is 5.10 Å². The number of halogens is 1. The molecule has 1 aromatic heterocycles. The van der Waals surface area contributed by atoms with Crippen molar-refractivity contribution in [3.8, 4) is 0 Å². The molecule has 9 heteroatoms. The molecule has 4 rings (SSSR count). The van der Waals surface area contributed by atoms with Crippen molar-refractivity contribution >= 4 is 15.9 Å². The molecular weight excluding hydrogens is 371 g/mol. The third kappa shape index (κ3) is 3.49. The molecule has 0 aliphatic carbocycles. The van der Waals surface area contributed by atoms with Crippen LogP contribution in [0.5, 0.6) is 0 Å². The monoisotopic (exact) mass is 392 g/mol. The normalized spacial score (nSPS) is 18.3. The van der Waals surface area contributed by atoms with E-state index in [1.54, 1.807) is 4.90 Å². The molecule has 1 saturated heterocycles. The van der Waals surface area contributed by atoms with E-state index >= 15 is 0 Å². The number of amides is 1. The fourth-order valence-electron chi connectivity index (χ4n) is 3.57. The molecule has 0 spiro atoms. The van der Waals surface area contributed by atoms with Gasteiger partial charge in [-0.15, -0.1) is 0 Å². The minimum atomic E-state index is -3.69. The van der Waals surface area contributed by atoms with Crippen LogP contribution in [0, 0.1) is 5.82 Å². The number of sulfonamides is 1. The Hall–Kier alpha value is -2.26. The number of nitrogens with zero attached hydrogens (tertiary/aromatic N) is 4. The van der Waals surface area contributed by atoms with Crippen LogP contribution in [-0.2, 0) is 23.0 Å². The summed E-state index contributed by atoms with van der Waals surface area (Å²) < 4.78 is 41.6. The van der Waals surface area contributed by atoms with Crippen LogP contribution in [0.1, 0.15) is 29.0 Å². The minimum Gasteiger partial charge on any atom is -0.335 e. The molecule has 144 valence electrons. The fourth-order valence-corrected chi connectivity index (χ4v) is 4.99. The minimum absolute atomic E-state index is 0.0606. The first kappa shape index (κ1) is 18.1. The van der Waals surface area contributed by atoms with E-state index in [0.717, 1.165) is 43.6 Å². The van der Waals surface area contributed by atoms with Crippen molar-refractivity contribution in [2.75, 3.05) is 26.2 Å². The molecule has 7 nitrogen and oxygen atoms in total. The standard InChI is InChI=1S/C18H21FN4O3S/c19-14-4-6-16(7-5-14)27(25,26)22-11-9-21(10-12-22)18(24)17-13-15-3-1-2-8-23(15)20-17/h4-7,13H,1-3,8-12H2. The Bertz CT molecular complexity index is 924. The van der Waals surface area contributed by atoms with Crippen LogP contribution in [0.3, 0.4) is 0 Å². The summed E-state index contributed by atoms with van der Waals surface area (Å²) in [5.41, 5.74) is 1.52. The first-order chi connectivity index (χ1) is 12.9. The van der Waals surface area contributed by atoms with Crippen LogP contribution >= 0.6 is 0 Å². The lowest BCUT2D eigenvalue weighted by atomic mass is 10.1. The summed E-state index contributed by atoms with van der Waals surface area (Å²) in [5, 5.41) is 4.41. The second-order valence-corrected chi connectivity index (χ2v) is 8.79. The average molecular weight is 392 g/mol. The van der Waals surface area contributed by atoms with E-state index in [1.165, 1.54) is 16.4 Å². The van der Waals surface area contributed by atoms with Crippen LogP contribution in [-0.4, -0.2) is 59.5 Å². The average Bonchev–Trinajstić information content (AvgIpc) is 3.12. The number of carbonyl (C=O) groups excluding carboxylic acids is 1. The van der Waals surface area contributed by atoms with Gasteiger partial charge in [0.15, 0.2) is 5.69 Å². The zero-order chi connectivity index (χ0) is 19.0. The highest BCUT2D eigenvalue weighted by atomic mass is 32.2. The predicted molar refractivity (Wildman–Crippen MR) is 96.2 cm³/mol. The number of benzene rings is 1. The van der Waals surface area contributed by atoms with E-state index in [1.807, 2.05) is 10.7 Å². The first-order valence-corrected chi connectivity index (χ1v) is 10.5. The van der Waals surface area contributed by atoms with E-state index in [9.17, 15) is 17.6 Å². The van der Waals surface area contributed by atoms with Crippen LogP contribution in [0.15, 0.2) is 35.2 Å². The molecule has 2 aliphatic heterocycles. The zero-order valence-corrected chi connectivity index (χ0v) is 15.7. The van der Waals surface area contributed by atoms with Crippen LogP contribution < -0.4 is 0 Å². The van der Waals surface area contributed by atoms with Gasteiger partial charge in [-0.2, -0.15) is 9.40 Å². The molecule has 1 amide bonds. The number of fused-ring (bicyclic) bond motifs is 1. The Kier molecular flexibility index (Phi) is 4.73. The molecular formula is C18H21FN4O3S. The van der Waals surface area contributed by atoms with Gasteiger partial charge in [0, 0.05) is 38.4 Å². The zero-order valence-electron chi connectivity index (χ0n) is 14.8. The summed E-state index contributed by atoms with van der Waals surface area (Å²) in [6.07, 6.45) is 3.12. The van der Waals surface area contributed by atoms with Crippen molar-refractivity contribution < 1.29 is 17.6 Å². The van der Waals surface area contributed by atoms with Gasteiger partial charge in [-0.1, -0.05) is 0 Å². The van der Waals surface area contributed by atoms with Crippen molar-refractivity contribution in [2.45, 2.75) is 30.7 Å². The lowest BCUT2D eigenvalue weighted by molar-refractivity contribution is 0.0691. The summed E-state index contributed by atoms with van der Waals surface area (Å²) in [6.45, 7) is 1.87. The molecule has 3 heterocycles. The molecule has 1 aromatic carbocycles. The van der Waals surface area contributed by atoms with Crippen LogP contribution in [0.25, 0.3) is 0 Å². The highest BCUT2D eigenvalue weighted by Crippen LogP contribution is 2.20. The lowest BCUT2D eigenvalue weighted by Crippen LogP contribution is -2.50. The van der Waals surface area contributed by atoms with Gasteiger partial charge in [-0.05, 0) is 49.6 Å². The summed E-state index contributed by atoms with van der Waals surface area (Å²) in [4.78, 5) is 14.4. The van der Waals surface area contributed by atoms with Gasteiger partial charge in [0.25, 0.3) is 5.91 Å². The number of piperazine rings is 1. The van der Waals surface area contributed by atoms with Crippen molar-refractivity contribution in [2.24, 2.45) is 0 Å². The first-order valence-electron chi connectivity index (χ1n) is 9.07. The SMILES string of the molecule is O=C(c1cc2n(n1)CCCC2)N1CCN(S(=O)(=O)c2ccc(F)cc2)CC1. The quantitative estimate of drug-likeness (QED) is 0.793. The maximum absolute atomic E-state index is 13.0. The highest BCUT2D eigenvalue weighted by molar-refractivity contribution is 7.89. The van der Waals surface area contributed by atoms with Gasteiger partial charge in [0.1, 0.15) is 5.82 Å². The third-order valence-corrected chi connectivity index (χ3v) is 7.03. The van der Waals surface area contributed by atoms with E-state index < -0.39 is 15.8 Å². The molecule has 0 bridgehead atoms. The smallest absolute Gasteiger partial charge is 0.274 e. The summed E-state index contributed by atoms with van der Waals surface area (Å²) >= 11 is 0. The van der Waals surface area contributed by atoms with Crippen LogP contribution in [0.4, 0.5) is 4.39 Å². The molecule has 0 unspecified atom stereocenters. The van der Waals surface area contributed by atoms with E-state index in [4.69, 9.17) is 0 Å². The summed E-state index contributed by atoms with van der Waals surface area (Å²) in [5.74, 6) is -0.636. The van der Waals surface area contributed by atoms with Crippen molar-refractivity contribution in [1.29, 1.82) is 0 Å². The number of aryl methyl sites for hydroxylation is 2. The van der Waals surface area contributed by atoms with Gasteiger partial charge in [-0.25, -0.2) is 12.8 Å². The molecule has 0 radical (unpaired) electrons. The molecule has 1 fully saturated rings. The Balaban J connectivity index is 1.43. The lowest BCUT2D eigenvalue weighted by Gasteiger charge is -2.33. The number of rotatable bonds is 3. The Morgan fingerprint density at radius 1 is 1.00 bits per heavy atom. The predicted octanol–water partition coefficient (Wildman–Crippen LogP) is 1.51. The Morgan fingerprint density at radius 2 is 1.70 bits per heavy atom. The summed E-state index contributed by atoms with van der Waals surface area (Å²) in [7, 11) is -3.69. The molecule has 0 N–H and O–H groups in total. The number of hydrogen-bond acceptors (Lipinski definition) is 4. The van der Waals surface area contributed by atoms with Gasteiger partial charge in [-0.3, -0.25) is 9.48 Å². The highest BCUT2D eigenvalue weighted by Gasteiger charge is 2.31. The summed E-state index contributed by atoms with van der Waals surface area (Å²) in [6, 6.07) is 6.64. The Morgan fingerprint density at radius 3 is 2.37 bits per heavy atom. The molecule has 27 heavy (non-hydrogen) atoms. The Labute approximate surface area is 157 Å². The maximum Gasteiger partial charge on any atom is 0.274 e. The molecule has 0 atom stereocenters. The molecule has 2 aromatic rings. The van der Waals surface area contributed by atoms with Gasteiger partial charge in [0.05, 0.1) is 4.90 Å².